The van der Waals surface area contributed by atoms with E-state index in [1.165, 1.54) is 0 Å². The first-order chi connectivity index (χ1) is 16.9. The molecule has 0 amide bonds. The smallest absolute Gasteiger partial charge is 0.132 e. The molecule has 3 N–H and O–H groups in total. The van der Waals surface area contributed by atoms with Gasteiger partial charge in [0.15, 0.2) is 0 Å². The highest BCUT2D eigenvalue weighted by Gasteiger charge is 2.32. The predicted octanol–water partition coefficient (Wildman–Crippen LogP) is 5.68. The van der Waals surface area contributed by atoms with Crippen LogP contribution in [-0.2, 0) is 9.47 Å². The summed E-state index contributed by atoms with van der Waals surface area (Å²) in [5.41, 5.74) is 1.54. The Kier molecular flexibility index (Phi) is 9.22. The quantitative estimate of drug-likeness (QED) is 0.387. The maximum Gasteiger partial charge on any atom is 0.132 e. The number of hydrogen-bond acceptors (Lipinski definition) is 6. The number of anilines is 2. The Balaban J connectivity index is 1.36. The van der Waals surface area contributed by atoms with Gasteiger partial charge >= 0.3 is 0 Å². The summed E-state index contributed by atoms with van der Waals surface area (Å²) in [6, 6.07) is 11.3. The van der Waals surface area contributed by atoms with Crippen LogP contribution in [0.15, 0.2) is 36.5 Å². The summed E-state index contributed by atoms with van der Waals surface area (Å²) in [6.45, 7) is 4.13. The van der Waals surface area contributed by atoms with Crippen molar-refractivity contribution in [2.24, 2.45) is 0 Å². The van der Waals surface area contributed by atoms with Gasteiger partial charge < -0.3 is 25.4 Å². The normalized spacial score (nSPS) is 23.0. The van der Waals surface area contributed by atoms with Crippen molar-refractivity contribution in [2.75, 3.05) is 44.1 Å². The average molecular weight is 505 g/mol. The minimum Gasteiger partial charge on any atom is -0.383 e. The van der Waals surface area contributed by atoms with E-state index >= 15 is 0 Å². The van der Waals surface area contributed by atoms with Crippen molar-refractivity contribution in [1.82, 2.24) is 10.3 Å². The minimum atomic E-state index is -1.23. The zero-order chi connectivity index (χ0) is 24.7. The van der Waals surface area contributed by atoms with Gasteiger partial charge in [-0.25, -0.2) is 9.37 Å². The zero-order valence-electron chi connectivity index (χ0n) is 20.8. The Morgan fingerprint density at radius 2 is 1.91 bits per heavy atom. The number of pyridine rings is 1. The van der Waals surface area contributed by atoms with Gasteiger partial charge in [-0.3, -0.25) is 0 Å². The molecule has 6 nitrogen and oxygen atoms in total. The highest BCUT2D eigenvalue weighted by atomic mass is 35.5. The van der Waals surface area contributed by atoms with Crippen molar-refractivity contribution in [3.63, 3.8) is 0 Å². The Labute approximate surface area is 213 Å². The number of ether oxygens (including phenoxy) is 2. The Hall–Kier alpha value is -1.93. The van der Waals surface area contributed by atoms with Gasteiger partial charge in [0.1, 0.15) is 11.5 Å². The van der Waals surface area contributed by atoms with Crippen LogP contribution in [0.5, 0.6) is 0 Å². The number of aromatic nitrogens is 1. The molecule has 2 aromatic rings. The molecule has 0 unspecified atom stereocenters. The molecular weight excluding hydrogens is 467 g/mol. The number of hydrogen-bond donors (Lipinski definition) is 3. The van der Waals surface area contributed by atoms with Crippen molar-refractivity contribution < 1.29 is 13.9 Å². The maximum atomic E-state index is 15.0. The van der Waals surface area contributed by atoms with Crippen LogP contribution in [0, 0.1) is 0 Å². The summed E-state index contributed by atoms with van der Waals surface area (Å²) in [7, 11) is 1.74. The van der Waals surface area contributed by atoms with E-state index in [1.807, 2.05) is 30.3 Å². The van der Waals surface area contributed by atoms with E-state index in [0.29, 0.717) is 49.2 Å². The molecule has 1 saturated heterocycles. The molecule has 2 aliphatic rings. The van der Waals surface area contributed by atoms with E-state index in [1.54, 1.807) is 13.3 Å². The molecule has 2 heterocycles. The van der Waals surface area contributed by atoms with Gasteiger partial charge in [-0.15, -0.1) is 0 Å². The number of nitrogens with zero attached hydrogens (tertiary/aromatic N) is 1. The molecule has 1 aliphatic heterocycles. The van der Waals surface area contributed by atoms with E-state index in [4.69, 9.17) is 21.1 Å². The summed E-state index contributed by atoms with van der Waals surface area (Å²) < 4.78 is 25.5. The lowest BCUT2D eigenvalue weighted by Gasteiger charge is -2.32. The topological polar surface area (TPSA) is 67.4 Å². The van der Waals surface area contributed by atoms with Gasteiger partial charge in [-0.2, -0.15) is 0 Å². The average Bonchev–Trinajstić information content (AvgIpc) is 2.86. The summed E-state index contributed by atoms with van der Waals surface area (Å²) in [6.07, 6.45) is 6.99. The van der Waals surface area contributed by atoms with Gasteiger partial charge in [-0.05, 0) is 56.4 Å². The second-order valence-corrected chi connectivity index (χ2v) is 10.4. The first-order valence-electron chi connectivity index (χ1n) is 12.7. The number of halogens is 2. The summed E-state index contributed by atoms with van der Waals surface area (Å²) in [4.78, 5) is 4.53. The molecule has 1 saturated carbocycles. The molecule has 192 valence electrons. The van der Waals surface area contributed by atoms with Crippen LogP contribution in [0.3, 0.4) is 0 Å². The molecule has 35 heavy (non-hydrogen) atoms. The molecule has 2 fully saturated rings. The molecule has 1 atom stereocenters. The fraction of sp³-hybridized carbons (Fsp3) is 0.593. The first-order valence-corrected chi connectivity index (χ1v) is 13.1. The highest BCUT2D eigenvalue weighted by molar-refractivity contribution is 6.33. The first kappa shape index (κ1) is 26.1. The van der Waals surface area contributed by atoms with Crippen LogP contribution in [0.2, 0.25) is 5.02 Å². The zero-order valence-corrected chi connectivity index (χ0v) is 21.5. The van der Waals surface area contributed by atoms with E-state index in [9.17, 15) is 4.39 Å². The highest BCUT2D eigenvalue weighted by Crippen LogP contribution is 2.33. The van der Waals surface area contributed by atoms with Crippen LogP contribution in [0.1, 0.15) is 45.4 Å². The van der Waals surface area contributed by atoms with Crippen molar-refractivity contribution in [1.29, 1.82) is 0 Å². The lowest BCUT2D eigenvalue weighted by molar-refractivity contribution is -0.00115. The second-order valence-electron chi connectivity index (χ2n) is 9.96. The fourth-order valence-electron chi connectivity index (χ4n) is 5.02. The molecule has 1 aromatic carbocycles. The second kappa shape index (κ2) is 12.3. The Morgan fingerprint density at radius 3 is 2.66 bits per heavy atom. The third-order valence-electron chi connectivity index (χ3n) is 7.04. The van der Waals surface area contributed by atoms with Crippen molar-refractivity contribution in [2.45, 2.75) is 69.2 Å². The molecule has 0 spiro atoms. The lowest BCUT2D eigenvalue weighted by Crippen LogP contribution is -2.42. The monoisotopic (exact) mass is 504 g/mol. The van der Waals surface area contributed by atoms with Crippen LogP contribution < -0.4 is 16.0 Å². The van der Waals surface area contributed by atoms with Gasteiger partial charge in [0.2, 0.25) is 0 Å². The van der Waals surface area contributed by atoms with E-state index in [0.717, 1.165) is 54.9 Å². The summed E-state index contributed by atoms with van der Waals surface area (Å²) in [5, 5.41) is 11.1. The van der Waals surface area contributed by atoms with E-state index in [2.05, 4.69) is 27.9 Å². The predicted molar refractivity (Wildman–Crippen MR) is 141 cm³/mol. The third-order valence-corrected chi connectivity index (χ3v) is 7.34. The SMILES string of the molecule is COC[C@H](C)NC1CCC(Nc2cc(-c3cccc(NCC4(F)CCOCC4)c3)c(Cl)cn2)CC1. The summed E-state index contributed by atoms with van der Waals surface area (Å²) in [5.74, 6) is 0.830. The van der Waals surface area contributed by atoms with Gasteiger partial charge in [0, 0.05) is 75.3 Å². The van der Waals surface area contributed by atoms with Gasteiger partial charge in [0.25, 0.3) is 0 Å². The molecule has 8 heteroatoms. The standard InChI is InChI=1S/C27H38ClFN4O2/c1-19(17-34-2)32-21-6-8-22(9-7-21)33-26-15-24(25(28)16-30-26)20-4-3-5-23(14-20)31-18-27(29)10-12-35-13-11-27/h3-5,14-16,19,21-22,31-32H,6-13,17-18H2,1-2H3,(H,30,33)/t19-,21?,22?/m0/s1. The maximum absolute atomic E-state index is 15.0. The van der Waals surface area contributed by atoms with Crippen molar-refractivity contribution in [3.8, 4) is 11.1 Å². The number of alkyl halides is 1. The van der Waals surface area contributed by atoms with E-state index in [-0.39, 0.29) is 6.54 Å². The van der Waals surface area contributed by atoms with Gasteiger partial charge in [0.05, 0.1) is 11.6 Å². The molecule has 0 radical (unpaired) electrons. The number of nitrogens with one attached hydrogen (secondary N) is 3. The molecule has 1 aromatic heterocycles. The Bertz CT molecular complexity index is 949. The molecular formula is C27H38ClFN4O2. The minimum absolute atomic E-state index is 0.276. The lowest BCUT2D eigenvalue weighted by atomic mass is 9.90. The number of benzene rings is 1. The number of rotatable bonds is 10. The van der Waals surface area contributed by atoms with E-state index < -0.39 is 5.67 Å². The third kappa shape index (κ3) is 7.53. The van der Waals surface area contributed by atoms with Crippen LogP contribution >= 0.6 is 11.6 Å². The van der Waals surface area contributed by atoms with Crippen molar-refractivity contribution >= 4 is 23.1 Å². The molecule has 0 bridgehead atoms. The largest absolute Gasteiger partial charge is 0.383 e. The van der Waals surface area contributed by atoms with Gasteiger partial charge in [-0.1, -0.05) is 23.7 Å². The fourth-order valence-corrected chi connectivity index (χ4v) is 5.24. The number of methoxy groups -OCH3 is 1. The molecule has 4 rings (SSSR count). The Morgan fingerprint density at radius 1 is 1.17 bits per heavy atom. The van der Waals surface area contributed by atoms with Crippen LogP contribution in [0.4, 0.5) is 15.9 Å². The summed E-state index contributed by atoms with van der Waals surface area (Å²) >= 11 is 6.54. The molecule has 1 aliphatic carbocycles. The van der Waals surface area contributed by atoms with Crippen LogP contribution in [0.25, 0.3) is 11.1 Å². The van der Waals surface area contributed by atoms with Crippen LogP contribution in [-0.4, -0.2) is 62.3 Å². The van der Waals surface area contributed by atoms with Crippen molar-refractivity contribution in [3.05, 3.63) is 41.6 Å².